The van der Waals surface area contributed by atoms with Gasteiger partial charge in [-0.2, -0.15) is 4.98 Å². The lowest BCUT2D eigenvalue weighted by atomic mass is 9.79. The maximum Gasteiger partial charge on any atom is 0.265 e. The minimum Gasteiger partial charge on any atom is -0.354 e. The number of primary sulfonamides is 1. The molecule has 174 valence electrons. The van der Waals surface area contributed by atoms with Gasteiger partial charge in [-0.05, 0) is 43.2 Å². The molecule has 1 unspecified atom stereocenters. The first-order chi connectivity index (χ1) is 15.7. The van der Waals surface area contributed by atoms with Crippen molar-refractivity contribution in [1.29, 1.82) is 0 Å². The number of anilines is 2. The van der Waals surface area contributed by atoms with Gasteiger partial charge in [0, 0.05) is 24.4 Å². The van der Waals surface area contributed by atoms with E-state index in [0.29, 0.717) is 30.1 Å². The van der Waals surface area contributed by atoms with Crippen LogP contribution in [0.3, 0.4) is 0 Å². The molecule has 5 N–H and O–H groups in total. The SMILES string of the molecule is COC1c2cc3cnc(Nc4ccc(S(N)(=O)=O)cc4)nc3n2C2(CCCCC2)C(=O)N1N. The van der Waals surface area contributed by atoms with E-state index in [1.165, 1.54) is 24.3 Å². The Hall–Kier alpha value is -3.06. The van der Waals surface area contributed by atoms with Crippen molar-refractivity contribution in [3.05, 3.63) is 42.2 Å². The van der Waals surface area contributed by atoms with Crippen LogP contribution in [-0.2, 0) is 25.1 Å². The van der Waals surface area contributed by atoms with Crippen LogP contribution >= 0.6 is 0 Å². The van der Waals surface area contributed by atoms with E-state index in [2.05, 4.69) is 10.3 Å². The molecule has 2 aromatic heterocycles. The fourth-order valence-electron chi connectivity index (χ4n) is 4.95. The molecular weight excluding hydrogens is 446 g/mol. The summed E-state index contributed by atoms with van der Waals surface area (Å²) in [5.74, 6) is 6.33. The summed E-state index contributed by atoms with van der Waals surface area (Å²) in [7, 11) is -2.26. The highest BCUT2D eigenvalue weighted by Crippen LogP contribution is 2.45. The van der Waals surface area contributed by atoms with Crippen molar-refractivity contribution in [2.75, 3.05) is 12.4 Å². The number of hydrazine groups is 1. The molecule has 0 radical (unpaired) electrons. The number of methoxy groups -OCH3 is 1. The largest absolute Gasteiger partial charge is 0.354 e. The second kappa shape index (κ2) is 7.76. The first-order valence-electron chi connectivity index (χ1n) is 10.6. The lowest BCUT2D eigenvalue weighted by molar-refractivity contribution is -0.164. The molecule has 1 fully saturated rings. The molecule has 2 aliphatic rings. The number of hydrogen-bond acceptors (Lipinski definition) is 8. The van der Waals surface area contributed by atoms with Gasteiger partial charge in [-0.3, -0.25) is 4.79 Å². The van der Waals surface area contributed by atoms with Gasteiger partial charge in [0.15, 0.2) is 6.23 Å². The quantitative estimate of drug-likeness (QED) is 0.384. The minimum atomic E-state index is -3.78. The molecule has 1 aromatic carbocycles. The fraction of sp³-hybridized carbons (Fsp3) is 0.381. The van der Waals surface area contributed by atoms with Crippen LogP contribution in [0.2, 0.25) is 0 Å². The number of amides is 1. The maximum absolute atomic E-state index is 13.4. The van der Waals surface area contributed by atoms with Crippen molar-refractivity contribution in [3.63, 3.8) is 0 Å². The van der Waals surface area contributed by atoms with Gasteiger partial charge in [-0.1, -0.05) is 19.3 Å². The normalized spacial score (nSPS) is 20.3. The van der Waals surface area contributed by atoms with E-state index in [1.54, 1.807) is 18.3 Å². The van der Waals surface area contributed by atoms with Crippen LogP contribution in [0.15, 0.2) is 41.4 Å². The van der Waals surface area contributed by atoms with Gasteiger partial charge >= 0.3 is 0 Å². The van der Waals surface area contributed by atoms with Crippen molar-refractivity contribution in [2.45, 2.75) is 48.8 Å². The average molecular weight is 472 g/mol. The molecule has 1 spiro atoms. The van der Waals surface area contributed by atoms with Gasteiger partial charge in [0.25, 0.3) is 5.91 Å². The molecule has 1 aliphatic carbocycles. The van der Waals surface area contributed by atoms with Crippen LogP contribution in [0.5, 0.6) is 0 Å². The van der Waals surface area contributed by atoms with Crippen molar-refractivity contribution in [3.8, 4) is 0 Å². The first-order valence-corrected chi connectivity index (χ1v) is 12.2. The highest BCUT2D eigenvalue weighted by molar-refractivity contribution is 7.89. The Labute approximate surface area is 190 Å². The molecule has 1 aliphatic heterocycles. The van der Waals surface area contributed by atoms with E-state index >= 15 is 0 Å². The number of sulfonamides is 1. The summed E-state index contributed by atoms with van der Waals surface area (Å²) >= 11 is 0. The molecule has 11 nitrogen and oxygen atoms in total. The number of aromatic nitrogens is 3. The Morgan fingerprint density at radius 3 is 2.52 bits per heavy atom. The molecule has 33 heavy (non-hydrogen) atoms. The average Bonchev–Trinajstić information content (AvgIpc) is 3.18. The van der Waals surface area contributed by atoms with E-state index in [-0.39, 0.29) is 10.8 Å². The van der Waals surface area contributed by atoms with Gasteiger partial charge in [0.05, 0.1) is 10.6 Å². The number of hydrogen-bond donors (Lipinski definition) is 3. The van der Waals surface area contributed by atoms with E-state index in [0.717, 1.165) is 30.3 Å². The highest BCUT2D eigenvalue weighted by Gasteiger charge is 2.51. The monoisotopic (exact) mass is 471 g/mol. The van der Waals surface area contributed by atoms with E-state index in [1.807, 2.05) is 10.6 Å². The van der Waals surface area contributed by atoms with Crippen molar-refractivity contribution in [1.82, 2.24) is 19.5 Å². The number of nitrogens with zero attached hydrogens (tertiary/aromatic N) is 4. The lowest BCUT2D eigenvalue weighted by Gasteiger charge is -2.46. The third-order valence-corrected chi connectivity index (χ3v) is 7.41. The Morgan fingerprint density at radius 1 is 1.18 bits per heavy atom. The fourth-order valence-corrected chi connectivity index (χ4v) is 5.47. The Bertz CT molecular complexity index is 1330. The van der Waals surface area contributed by atoms with Crippen molar-refractivity contribution in [2.24, 2.45) is 11.0 Å². The minimum absolute atomic E-state index is 0.0137. The molecule has 5 rings (SSSR count). The van der Waals surface area contributed by atoms with E-state index < -0.39 is 21.8 Å². The predicted octanol–water partition coefficient (Wildman–Crippen LogP) is 1.84. The van der Waals surface area contributed by atoms with Crippen molar-refractivity contribution < 1.29 is 17.9 Å². The molecule has 1 amide bonds. The summed E-state index contributed by atoms with van der Waals surface area (Å²) in [6, 6.07) is 7.89. The summed E-state index contributed by atoms with van der Waals surface area (Å²) in [5.41, 5.74) is 1.18. The van der Waals surface area contributed by atoms with E-state index in [9.17, 15) is 13.2 Å². The second-order valence-electron chi connectivity index (χ2n) is 8.46. The molecule has 0 bridgehead atoms. The standard InChI is InChI=1S/C21H25N7O4S/c1-32-18-16-11-13-12-24-20(25-14-5-7-15(8-6-14)33(23,30)31)26-17(13)27(16)21(19(29)28(18)22)9-3-2-4-10-21/h5-8,11-12,18H,2-4,9-10,22H2,1H3,(H2,23,30,31)(H,24,25,26). The zero-order valence-corrected chi connectivity index (χ0v) is 18.9. The molecule has 3 aromatic rings. The lowest BCUT2D eigenvalue weighted by Crippen LogP contribution is -2.60. The number of fused-ring (bicyclic) bond motifs is 4. The number of carbonyl (C=O) groups excluding carboxylic acids is 1. The topological polar surface area (TPSA) is 158 Å². The van der Waals surface area contributed by atoms with Crippen LogP contribution in [0.4, 0.5) is 11.6 Å². The van der Waals surface area contributed by atoms with Crippen molar-refractivity contribution >= 4 is 38.6 Å². The number of carbonyl (C=O) groups is 1. The molecular formula is C21H25N7O4S. The summed E-state index contributed by atoms with van der Waals surface area (Å²) < 4.78 is 30.5. The third kappa shape index (κ3) is 3.46. The summed E-state index contributed by atoms with van der Waals surface area (Å²) in [6.45, 7) is 0. The van der Waals surface area contributed by atoms with Gasteiger partial charge in [-0.15, -0.1) is 0 Å². The maximum atomic E-state index is 13.4. The Balaban J connectivity index is 1.60. The molecule has 0 saturated heterocycles. The summed E-state index contributed by atoms with van der Waals surface area (Å²) in [5, 5.41) is 10.2. The Morgan fingerprint density at radius 2 is 1.88 bits per heavy atom. The van der Waals surface area contributed by atoms with Crippen LogP contribution in [0, 0.1) is 0 Å². The van der Waals surface area contributed by atoms with Crippen LogP contribution < -0.4 is 16.3 Å². The van der Waals surface area contributed by atoms with Crippen LogP contribution in [0.25, 0.3) is 11.0 Å². The molecule has 12 heteroatoms. The zero-order chi connectivity index (χ0) is 23.4. The van der Waals surface area contributed by atoms with Crippen LogP contribution in [0.1, 0.15) is 44.0 Å². The van der Waals surface area contributed by atoms with Crippen LogP contribution in [-0.4, -0.2) is 41.0 Å². The number of ether oxygens (including phenoxy) is 1. The molecule has 1 saturated carbocycles. The number of nitrogens with two attached hydrogens (primary N) is 2. The predicted molar refractivity (Wildman–Crippen MR) is 120 cm³/mol. The molecule has 3 heterocycles. The van der Waals surface area contributed by atoms with Gasteiger partial charge in [-0.25, -0.2) is 29.4 Å². The number of nitrogens with one attached hydrogen (secondary N) is 1. The van der Waals surface area contributed by atoms with Gasteiger partial charge < -0.3 is 14.6 Å². The van der Waals surface area contributed by atoms with E-state index in [4.69, 9.17) is 20.7 Å². The smallest absolute Gasteiger partial charge is 0.265 e. The Kier molecular flexibility index (Phi) is 5.12. The summed E-state index contributed by atoms with van der Waals surface area (Å²) in [6.07, 6.45) is 5.22. The number of benzene rings is 1. The second-order valence-corrected chi connectivity index (χ2v) is 10.0. The summed E-state index contributed by atoms with van der Waals surface area (Å²) in [4.78, 5) is 22.6. The zero-order valence-electron chi connectivity index (χ0n) is 18.1. The first kappa shape index (κ1) is 21.8. The third-order valence-electron chi connectivity index (χ3n) is 6.48. The number of rotatable bonds is 4. The van der Waals surface area contributed by atoms with Gasteiger partial charge in [0.1, 0.15) is 11.2 Å². The van der Waals surface area contributed by atoms with Gasteiger partial charge in [0.2, 0.25) is 16.0 Å². The highest BCUT2D eigenvalue weighted by atomic mass is 32.2. The molecule has 1 atom stereocenters.